The lowest BCUT2D eigenvalue weighted by molar-refractivity contribution is -0.116. The van der Waals surface area contributed by atoms with Gasteiger partial charge < -0.3 is 10.1 Å². The second kappa shape index (κ2) is 8.92. The van der Waals surface area contributed by atoms with Crippen molar-refractivity contribution in [2.24, 2.45) is 0 Å². The lowest BCUT2D eigenvalue weighted by atomic mass is 10.2. The molecule has 0 bridgehead atoms. The molecule has 2 aromatic heterocycles. The van der Waals surface area contributed by atoms with Gasteiger partial charge in [-0.2, -0.15) is 0 Å². The number of pyridine rings is 1. The minimum Gasteiger partial charge on any atom is -0.487 e. The van der Waals surface area contributed by atoms with Crippen LogP contribution in [0.5, 0.6) is 5.75 Å². The van der Waals surface area contributed by atoms with Crippen molar-refractivity contribution < 1.29 is 9.53 Å². The largest absolute Gasteiger partial charge is 0.487 e. The molecule has 0 atom stereocenters. The molecule has 0 saturated heterocycles. The molecule has 0 unspecified atom stereocenters. The van der Waals surface area contributed by atoms with Crippen LogP contribution in [0.25, 0.3) is 6.08 Å². The van der Waals surface area contributed by atoms with Crippen LogP contribution in [0.3, 0.4) is 0 Å². The molecule has 3 rings (SSSR count). The number of para-hydroxylation sites is 1. The molecule has 0 aliphatic heterocycles. The van der Waals surface area contributed by atoms with Gasteiger partial charge >= 0.3 is 0 Å². The number of hydrogen-bond acceptors (Lipinski definition) is 5. The molecule has 6 heteroatoms. The average Bonchev–Trinajstić information content (AvgIpc) is 3.10. The number of thiazole rings is 1. The Bertz CT molecular complexity index is 891. The molecule has 0 fully saturated rings. The fourth-order valence-electron chi connectivity index (χ4n) is 2.28. The Hall–Kier alpha value is -2.99. The SMILES string of the molecule is Cc1nc(COc2ccccc2C=CC(=O)NCc2ccccn2)cs1. The van der Waals surface area contributed by atoms with Crippen molar-refractivity contribution in [3.05, 3.63) is 82.1 Å². The summed E-state index contributed by atoms with van der Waals surface area (Å²) >= 11 is 1.60. The summed E-state index contributed by atoms with van der Waals surface area (Å²) in [5, 5.41) is 5.81. The number of carbonyl (C=O) groups excluding carboxylic acids is 1. The standard InChI is InChI=1S/C20H19N3O2S/c1-15-23-18(14-26-15)13-25-19-8-3-2-6-16(19)9-10-20(24)22-12-17-7-4-5-11-21-17/h2-11,14H,12-13H2,1H3,(H,22,24). The van der Waals surface area contributed by atoms with Crippen molar-refractivity contribution in [2.45, 2.75) is 20.1 Å². The molecule has 1 N–H and O–H groups in total. The highest BCUT2D eigenvalue weighted by Gasteiger charge is 2.04. The minimum atomic E-state index is -0.180. The molecule has 2 heterocycles. The number of nitrogens with zero attached hydrogens (tertiary/aromatic N) is 2. The molecule has 0 saturated carbocycles. The Morgan fingerprint density at radius 2 is 2.04 bits per heavy atom. The highest BCUT2D eigenvalue weighted by molar-refractivity contribution is 7.09. The van der Waals surface area contributed by atoms with E-state index in [4.69, 9.17) is 4.74 Å². The zero-order valence-electron chi connectivity index (χ0n) is 14.4. The Labute approximate surface area is 156 Å². The molecule has 0 aliphatic carbocycles. The fourth-order valence-corrected chi connectivity index (χ4v) is 2.88. The van der Waals surface area contributed by atoms with Gasteiger partial charge in [-0.25, -0.2) is 4.98 Å². The maximum atomic E-state index is 12.0. The van der Waals surface area contributed by atoms with E-state index < -0.39 is 0 Å². The van der Waals surface area contributed by atoms with Crippen molar-refractivity contribution >= 4 is 23.3 Å². The predicted octanol–water partition coefficient (Wildman–Crippen LogP) is 3.76. The van der Waals surface area contributed by atoms with Gasteiger partial charge in [0.25, 0.3) is 0 Å². The van der Waals surface area contributed by atoms with Crippen molar-refractivity contribution in [2.75, 3.05) is 0 Å². The summed E-state index contributed by atoms with van der Waals surface area (Å²) in [5.41, 5.74) is 2.56. The zero-order chi connectivity index (χ0) is 18.2. The summed E-state index contributed by atoms with van der Waals surface area (Å²) < 4.78 is 5.85. The highest BCUT2D eigenvalue weighted by atomic mass is 32.1. The third-order valence-corrected chi connectivity index (χ3v) is 4.37. The molecule has 0 radical (unpaired) electrons. The third-order valence-electron chi connectivity index (χ3n) is 3.55. The quantitative estimate of drug-likeness (QED) is 0.648. The molecular formula is C20H19N3O2S. The van der Waals surface area contributed by atoms with Crippen LogP contribution in [0.2, 0.25) is 0 Å². The second-order valence-electron chi connectivity index (χ2n) is 5.56. The zero-order valence-corrected chi connectivity index (χ0v) is 15.2. The van der Waals surface area contributed by atoms with Gasteiger partial charge in [0.2, 0.25) is 5.91 Å². The van der Waals surface area contributed by atoms with Crippen LogP contribution in [-0.2, 0) is 17.9 Å². The maximum Gasteiger partial charge on any atom is 0.244 e. The summed E-state index contributed by atoms with van der Waals surface area (Å²) in [4.78, 5) is 20.6. The van der Waals surface area contributed by atoms with Gasteiger partial charge in [0, 0.05) is 23.2 Å². The Morgan fingerprint density at radius 3 is 2.81 bits per heavy atom. The van der Waals surface area contributed by atoms with E-state index in [0.717, 1.165) is 22.0 Å². The minimum absolute atomic E-state index is 0.180. The maximum absolute atomic E-state index is 12.0. The summed E-state index contributed by atoms with van der Waals surface area (Å²) in [5.74, 6) is 0.535. The van der Waals surface area contributed by atoms with Crippen molar-refractivity contribution in [1.29, 1.82) is 0 Å². The van der Waals surface area contributed by atoms with Gasteiger partial charge in [-0.1, -0.05) is 24.3 Å². The van der Waals surface area contributed by atoms with Crippen LogP contribution in [0, 0.1) is 6.92 Å². The lowest BCUT2D eigenvalue weighted by Crippen LogP contribution is -2.20. The number of ether oxygens (including phenoxy) is 1. The first kappa shape index (κ1) is 17.8. The van der Waals surface area contributed by atoms with Gasteiger partial charge in [-0.15, -0.1) is 11.3 Å². The number of carbonyl (C=O) groups is 1. The number of rotatable bonds is 7. The fraction of sp³-hybridized carbons (Fsp3) is 0.150. The molecule has 0 aliphatic rings. The van der Waals surface area contributed by atoms with Gasteiger partial charge in [0.15, 0.2) is 0 Å². The number of benzene rings is 1. The van der Waals surface area contributed by atoms with Crippen LogP contribution in [-0.4, -0.2) is 15.9 Å². The predicted molar refractivity (Wildman–Crippen MR) is 103 cm³/mol. The van der Waals surface area contributed by atoms with E-state index in [0.29, 0.717) is 18.9 Å². The summed E-state index contributed by atoms with van der Waals surface area (Å²) in [6.45, 7) is 2.76. The lowest BCUT2D eigenvalue weighted by Gasteiger charge is -2.07. The average molecular weight is 365 g/mol. The monoisotopic (exact) mass is 365 g/mol. The second-order valence-corrected chi connectivity index (χ2v) is 6.62. The van der Waals surface area contributed by atoms with Gasteiger partial charge in [-0.3, -0.25) is 9.78 Å². The van der Waals surface area contributed by atoms with Crippen molar-refractivity contribution in [1.82, 2.24) is 15.3 Å². The summed E-state index contributed by atoms with van der Waals surface area (Å²) in [6.07, 6.45) is 4.95. The number of aromatic nitrogens is 2. The molecule has 1 aromatic carbocycles. The Morgan fingerprint density at radius 1 is 1.19 bits per heavy atom. The highest BCUT2D eigenvalue weighted by Crippen LogP contribution is 2.21. The van der Waals surface area contributed by atoms with E-state index >= 15 is 0 Å². The van der Waals surface area contributed by atoms with Crippen molar-refractivity contribution in [3.8, 4) is 5.75 Å². The van der Waals surface area contributed by atoms with Crippen molar-refractivity contribution in [3.63, 3.8) is 0 Å². The molecule has 0 spiro atoms. The van der Waals surface area contributed by atoms with Gasteiger partial charge in [-0.05, 0) is 31.2 Å². The first-order chi connectivity index (χ1) is 12.7. The molecule has 132 valence electrons. The number of hydrogen-bond donors (Lipinski definition) is 1. The number of amides is 1. The van der Waals surface area contributed by atoms with E-state index in [1.54, 1.807) is 23.6 Å². The molecule has 26 heavy (non-hydrogen) atoms. The van der Waals surface area contributed by atoms with Crippen LogP contribution in [0.1, 0.15) is 22.0 Å². The smallest absolute Gasteiger partial charge is 0.244 e. The Kier molecular flexibility index (Phi) is 6.11. The van der Waals surface area contributed by atoms with Crippen LogP contribution in [0.15, 0.2) is 60.1 Å². The molecule has 5 nitrogen and oxygen atoms in total. The molecular weight excluding hydrogens is 346 g/mol. The first-order valence-corrected chi connectivity index (χ1v) is 9.07. The van der Waals surface area contributed by atoms with Gasteiger partial charge in [0.05, 0.1) is 22.9 Å². The van der Waals surface area contributed by atoms with Crippen LogP contribution >= 0.6 is 11.3 Å². The molecule has 1 amide bonds. The van der Waals surface area contributed by atoms with E-state index in [1.165, 1.54) is 6.08 Å². The van der Waals surface area contributed by atoms with E-state index in [-0.39, 0.29) is 5.91 Å². The van der Waals surface area contributed by atoms with E-state index in [9.17, 15) is 4.79 Å². The summed E-state index contributed by atoms with van der Waals surface area (Å²) in [6, 6.07) is 13.2. The normalized spacial score (nSPS) is 10.8. The Balaban J connectivity index is 1.58. The van der Waals surface area contributed by atoms with E-state index in [1.807, 2.05) is 54.8 Å². The summed E-state index contributed by atoms with van der Waals surface area (Å²) in [7, 11) is 0. The number of aryl methyl sites for hydroxylation is 1. The first-order valence-electron chi connectivity index (χ1n) is 8.19. The van der Waals surface area contributed by atoms with Crippen LogP contribution in [0.4, 0.5) is 0 Å². The van der Waals surface area contributed by atoms with Crippen LogP contribution < -0.4 is 10.1 Å². The third kappa shape index (κ3) is 5.26. The topological polar surface area (TPSA) is 64.1 Å². The number of nitrogens with one attached hydrogen (secondary N) is 1. The van der Waals surface area contributed by atoms with Gasteiger partial charge in [0.1, 0.15) is 12.4 Å². The van der Waals surface area contributed by atoms with E-state index in [2.05, 4.69) is 15.3 Å². The molecule has 3 aromatic rings.